The van der Waals surface area contributed by atoms with Crippen molar-refractivity contribution in [2.45, 2.75) is 39.5 Å². The Bertz CT molecular complexity index is 617. The van der Waals surface area contributed by atoms with E-state index in [0.717, 1.165) is 37.2 Å². The highest BCUT2D eigenvalue weighted by molar-refractivity contribution is 5.89. The summed E-state index contributed by atoms with van der Waals surface area (Å²) in [5, 5.41) is 0. The standard InChI is InChI=1S/C20H24O3/c1-3-5-15-22-20(21)17-11-13-18(14-12-17)23-19-10-7-6-9-16(19)8-4-2/h6-7,9-14H,3-5,8,15H2,1-2H3. The first-order valence-electron chi connectivity index (χ1n) is 8.27. The van der Waals surface area contributed by atoms with E-state index in [2.05, 4.69) is 19.9 Å². The Kier molecular flexibility index (Phi) is 6.67. The van der Waals surface area contributed by atoms with Crippen LogP contribution < -0.4 is 4.74 Å². The summed E-state index contributed by atoms with van der Waals surface area (Å²) in [6.45, 7) is 4.68. The third-order valence-corrected chi connectivity index (χ3v) is 3.54. The zero-order chi connectivity index (χ0) is 16.5. The molecule has 2 aromatic carbocycles. The van der Waals surface area contributed by atoms with E-state index in [1.807, 2.05) is 18.2 Å². The van der Waals surface area contributed by atoms with Crippen LogP contribution >= 0.6 is 0 Å². The maximum atomic E-state index is 11.9. The second kappa shape index (κ2) is 8.99. The van der Waals surface area contributed by atoms with Gasteiger partial charge in [0.05, 0.1) is 12.2 Å². The van der Waals surface area contributed by atoms with E-state index in [1.54, 1.807) is 24.3 Å². The fraction of sp³-hybridized carbons (Fsp3) is 0.350. The number of aryl methyl sites for hydroxylation is 1. The van der Waals surface area contributed by atoms with Gasteiger partial charge in [0, 0.05) is 0 Å². The van der Waals surface area contributed by atoms with Crippen LogP contribution in [0, 0.1) is 0 Å². The van der Waals surface area contributed by atoms with Crippen LogP contribution in [0.5, 0.6) is 11.5 Å². The molecule has 3 nitrogen and oxygen atoms in total. The lowest BCUT2D eigenvalue weighted by atomic mass is 10.1. The maximum Gasteiger partial charge on any atom is 0.338 e. The molecule has 0 unspecified atom stereocenters. The average Bonchev–Trinajstić information content (AvgIpc) is 2.58. The normalized spacial score (nSPS) is 10.3. The van der Waals surface area contributed by atoms with Crippen LogP contribution in [0.2, 0.25) is 0 Å². The van der Waals surface area contributed by atoms with Crippen LogP contribution in [0.15, 0.2) is 48.5 Å². The fourth-order valence-electron chi connectivity index (χ4n) is 2.26. The molecular formula is C20H24O3. The molecule has 0 aliphatic heterocycles. The molecule has 0 saturated heterocycles. The number of hydrogen-bond donors (Lipinski definition) is 0. The Labute approximate surface area is 138 Å². The van der Waals surface area contributed by atoms with E-state index in [-0.39, 0.29) is 5.97 Å². The highest BCUT2D eigenvalue weighted by Crippen LogP contribution is 2.26. The van der Waals surface area contributed by atoms with E-state index >= 15 is 0 Å². The molecule has 0 atom stereocenters. The maximum absolute atomic E-state index is 11.9. The summed E-state index contributed by atoms with van der Waals surface area (Å²) in [7, 11) is 0. The first-order valence-corrected chi connectivity index (χ1v) is 8.27. The van der Waals surface area contributed by atoms with Gasteiger partial charge >= 0.3 is 5.97 Å². The lowest BCUT2D eigenvalue weighted by Gasteiger charge is -2.11. The highest BCUT2D eigenvalue weighted by Gasteiger charge is 2.08. The zero-order valence-electron chi connectivity index (χ0n) is 13.9. The molecule has 0 heterocycles. The van der Waals surface area contributed by atoms with Crippen molar-refractivity contribution in [2.24, 2.45) is 0 Å². The van der Waals surface area contributed by atoms with E-state index < -0.39 is 0 Å². The molecule has 0 N–H and O–H groups in total. The van der Waals surface area contributed by atoms with Crippen molar-refractivity contribution in [2.75, 3.05) is 6.61 Å². The van der Waals surface area contributed by atoms with Gasteiger partial charge in [-0.3, -0.25) is 0 Å². The minimum Gasteiger partial charge on any atom is -0.462 e. The fourth-order valence-corrected chi connectivity index (χ4v) is 2.26. The molecule has 0 bridgehead atoms. The van der Waals surface area contributed by atoms with Gasteiger partial charge in [-0.1, -0.05) is 44.9 Å². The molecule has 0 saturated carbocycles. The molecule has 0 aliphatic rings. The van der Waals surface area contributed by atoms with Crippen LogP contribution in [0.1, 0.15) is 49.0 Å². The predicted octanol–water partition coefficient (Wildman–Crippen LogP) is 5.39. The van der Waals surface area contributed by atoms with Crippen molar-refractivity contribution in [1.29, 1.82) is 0 Å². The molecule has 0 aromatic heterocycles. The Morgan fingerprint density at radius 2 is 1.70 bits per heavy atom. The Hall–Kier alpha value is -2.29. The lowest BCUT2D eigenvalue weighted by molar-refractivity contribution is 0.0499. The van der Waals surface area contributed by atoms with Crippen molar-refractivity contribution >= 4 is 5.97 Å². The Balaban J connectivity index is 2.01. The van der Waals surface area contributed by atoms with Gasteiger partial charge in [-0.2, -0.15) is 0 Å². The van der Waals surface area contributed by atoms with Crippen molar-refractivity contribution in [1.82, 2.24) is 0 Å². The molecule has 2 rings (SSSR count). The molecular weight excluding hydrogens is 288 g/mol. The molecule has 0 fully saturated rings. The van der Waals surface area contributed by atoms with Gasteiger partial charge in [0.1, 0.15) is 11.5 Å². The van der Waals surface area contributed by atoms with Gasteiger partial charge in [0.2, 0.25) is 0 Å². The molecule has 3 heteroatoms. The van der Waals surface area contributed by atoms with E-state index in [1.165, 1.54) is 5.56 Å². The highest BCUT2D eigenvalue weighted by atomic mass is 16.5. The summed E-state index contributed by atoms with van der Waals surface area (Å²) >= 11 is 0. The third kappa shape index (κ3) is 5.13. The molecule has 0 spiro atoms. The van der Waals surface area contributed by atoms with Crippen molar-refractivity contribution in [3.8, 4) is 11.5 Å². The molecule has 0 radical (unpaired) electrons. The van der Waals surface area contributed by atoms with Gasteiger partial charge in [0.25, 0.3) is 0 Å². The van der Waals surface area contributed by atoms with Crippen LogP contribution in [-0.2, 0) is 11.2 Å². The van der Waals surface area contributed by atoms with Crippen LogP contribution in [0.25, 0.3) is 0 Å². The van der Waals surface area contributed by atoms with Gasteiger partial charge in [0.15, 0.2) is 0 Å². The summed E-state index contributed by atoms with van der Waals surface area (Å²) in [5.74, 6) is 1.31. The summed E-state index contributed by atoms with van der Waals surface area (Å²) in [6, 6.07) is 15.1. The van der Waals surface area contributed by atoms with Crippen LogP contribution in [0.4, 0.5) is 0 Å². The quantitative estimate of drug-likeness (QED) is 0.484. The number of esters is 1. The predicted molar refractivity (Wildman–Crippen MR) is 92.1 cm³/mol. The first-order chi connectivity index (χ1) is 11.2. The van der Waals surface area contributed by atoms with Crippen molar-refractivity contribution in [3.63, 3.8) is 0 Å². The summed E-state index contributed by atoms with van der Waals surface area (Å²) in [5.41, 5.74) is 1.74. The molecule has 0 amide bonds. The van der Waals surface area contributed by atoms with Crippen molar-refractivity contribution in [3.05, 3.63) is 59.7 Å². The van der Waals surface area contributed by atoms with E-state index in [0.29, 0.717) is 12.2 Å². The van der Waals surface area contributed by atoms with Crippen LogP contribution in [0.3, 0.4) is 0 Å². The second-order valence-corrected chi connectivity index (χ2v) is 5.47. The topological polar surface area (TPSA) is 35.5 Å². The van der Waals surface area contributed by atoms with Crippen molar-refractivity contribution < 1.29 is 14.3 Å². The Morgan fingerprint density at radius 1 is 0.957 bits per heavy atom. The SMILES string of the molecule is CCCCOC(=O)c1ccc(Oc2ccccc2CCC)cc1. The summed E-state index contributed by atoms with van der Waals surface area (Å²) < 4.78 is 11.1. The number of carbonyl (C=O) groups is 1. The molecule has 122 valence electrons. The second-order valence-electron chi connectivity index (χ2n) is 5.47. The monoisotopic (exact) mass is 312 g/mol. The largest absolute Gasteiger partial charge is 0.462 e. The lowest BCUT2D eigenvalue weighted by Crippen LogP contribution is -2.06. The smallest absolute Gasteiger partial charge is 0.338 e. The summed E-state index contributed by atoms with van der Waals surface area (Å²) in [6.07, 6.45) is 3.96. The first kappa shape index (κ1) is 17.1. The summed E-state index contributed by atoms with van der Waals surface area (Å²) in [4.78, 5) is 11.9. The minimum atomic E-state index is -0.281. The van der Waals surface area contributed by atoms with Gasteiger partial charge in [-0.15, -0.1) is 0 Å². The number of unbranched alkanes of at least 4 members (excludes halogenated alkanes) is 1. The third-order valence-electron chi connectivity index (χ3n) is 3.54. The van der Waals surface area contributed by atoms with E-state index in [9.17, 15) is 4.79 Å². The van der Waals surface area contributed by atoms with Gasteiger partial charge in [-0.05, 0) is 48.7 Å². The Morgan fingerprint density at radius 3 is 2.39 bits per heavy atom. The van der Waals surface area contributed by atoms with Gasteiger partial charge in [-0.25, -0.2) is 4.79 Å². The van der Waals surface area contributed by atoms with E-state index in [4.69, 9.17) is 9.47 Å². The number of ether oxygens (including phenoxy) is 2. The number of benzene rings is 2. The molecule has 2 aromatic rings. The molecule has 23 heavy (non-hydrogen) atoms. The number of rotatable bonds is 8. The number of para-hydroxylation sites is 1. The van der Waals surface area contributed by atoms with Crippen LogP contribution in [-0.4, -0.2) is 12.6 Å². The number of carbonyl (C=O) groups excluding carboxylic acids is 1. The average molecular weight is 312 g/mol. The number of hydrogen-bond acceptors (Lipinski definition) is 3. The van der Waals surface area contributed by atoms with Gasteiger partial charge < -0.3 is 9.47 Å². The zero-order valence-corrected chi connectivity index (χ0v) is 13.9. The molecule has 0 aliphatic carbocycles. The minimum absolute atomic E-state index is 0.281.